The van der Waals surface area contributed by atoms with Crippen LogP contribution in [0.2, 0.25) is 0 Å². The molecule has 0 atom stereocenters. The highest BCUT2D eigenvalue weighted by Crippen LogP contribution is 2.32. The smallest absolute Gasteiger partial charge is 0.144 e. The first kappa shape index (κ1) is 8.23. The molecule has 3 heteroatoms. The quantitative estimate of drug-likeness (QED) is 0.692. The maximum atomic E-state index is 5.74. The summed E-state index contributed by atoms with van der Waals surface area (Å²) in [7, 11) is 0. The molecule has 13 heavy (non-hydrogen) atoms. The Labute approximate surface area is 77.7 Å². The number of benzene rings is 1. The number of hydrogen-bond donors (Lipinski definition) is 2. The molecule has 0 spiro atoms. The van der Waals surface area contributed by atoms with Gasteiger partial charge in [0.05, 0.1) is 18.0 Å². The fraction of sp³-hybridized carbons (Fsp3) is 0.400. The van der Waals surface area contributed by atoms with Crippen LogP contribution in [0.15, 0.2) is 18.2 Å². The molecule has 0 heterocycles. The summed E-state index contributed by atoms with van der Waals surface area (Å²) in [5.41, 5.74) is 12.5. The third-order valence-electron chi connectivity index (χ3n) is 2.27. The van der Waals surface area contributed by atoms with Crippen molar-refractivity contribution in [3.63, 3.8) is 0 Å². The van der Waals surface area contributed by atoms with Gasteiger partial charge in [0.15, 0.2) is 0 Å². The van der Waals surface area contributed by atoms with Crippen molar-refractivity contribution in [3.8, 4) is 5.75 Å². The molecule has 1 aliphatic rings. The molecule has 4 N–H and O–H groups in total. The Balaban J connectivity index is 2.05. The predicted octanol–water partition coefficient (Wildman–Crippen LogP) is 1.64. The summed E-state index contributed by atoms with van der Waals surface area (Å²) < 4.78 is 5.54. The molecule has 2 rings (SSSR count). The average Bonchev–Trinajstić information content (AvgIpc) is 2.91. The van der Waals surface area contributed by atoms with Gasteiger partial charge in [-0.15, -0.1) is 0 Å². The van der Waals surface area contributed by atoms with E-state index in [2.05, 4.69) is 0 Å². The Morgan fingerprint density at radius 1 is 1.31 bits per heavy atom. The highest BCUT2D eigenvalue weighted by molar-refractivity contribution is 5.70. The van der Waals surface area contributed by atoms with E-state index in [1.807, 2.05) is 12.1 Å². The molecule has 1 saturated carbocycles. The van der Waals surface area contributed by atoms with E-state index >= 15 is 0 Å². The van der Waals surface area contributed by atoms with E-state index < -0.39 is 0 Å². The molecule has 0 saturated heterocycles. The van der Waals surface area contributed by atoms with Crippen LogP contribution in [0.25, 0.3) is 0 Å². The molecule has 0 aromatic heterocycles. The van der Waals surface area contributed by atoms with Crippen LogP contribution in [0.3, 0.4) is 0 Å². The molecule has 1 aromatic carbocycles. The Morgan fingerprint density at radius 3 is 2.77 bits per heavy atom. The van der Waals surface area contributed by atoms with Gasteiger partial charge >= 0.3 is 0 Å². The van der Waals surface area contributed by atoms with Crippen LogP contribution in [0.1, 0.15) is 12.8 Å². The lowest BCUT2D eigenvalue weighted by Crippen LogP contribution is -2.03. The zero-order valence-electron chi connectivity index (χ0n) is 7.49. The van der Waals surface area contributed by atoms with Crippen molar-refractivity contribution in [1.29, 1.82) is 0 Å². The van der Waals surface area contributed by atoms with Crippen LogP contribution in [0.5, 0.6) is 5.75 Å². The van der Waals surface area contributed by atoms with Crippen molar-refractivity contribution < 1.29 is 4.74 Å². The molecule has 1 fully saturated rings. The normalized spacial score (nSPS) is 15.7. The molecular formula is C10H14N2O. The lowest BCUT2D eigenvalue weighted by Gasteiger charge is -2.09. The van der Waals surface area contributed by atoms with Crippen LogP contribution in [0, 0.1) is 5.92 Å². The minimum Gasteiger partial charge on any atom is -0.491 e. The molecule has 70 valence electrons. The van der Waals surface area contributed by atoms with E-state index in [-0.39, 0.29) is 0 Å². The Bertz CT molecular complexity index is 308. The van der Waals surface area contributed by atoms with Crippen molar-refractivity contribution in [2.24, 2.45) is 5.92 Å². The van der Waals surface area contributed by atoms with Crippen molar-refractivity contribution in [2.45, 2.75) is 12.8 Å². The van der Waals surface area contributed by atoms with Crippen LogP contribution < -0.4 is 16.2 Å². The second-order valence-electron chi connectivity index (χ2n) is 3.51. The summed E-state index contributed by atoms with van der Waals surface area (Å²) in [6.07, 6.45) is 2.56. The summed E-state index contributed by atoms with van der Waals surface area (Å²) in [5.74, 6) is 1.45. The van der Waals surface area contributed by atoms with Crippen molar-refractivity contribution in [2.75, 3.05) is 18.1 Å². The fourth-order valence-electron chi connectivity index (χ4n) is 1.18. The van der Waals surface area contributed by atoms with E-state index in [1.54, 1.807) is 6.07 Å². The molecule has 0 amide bonds. The molecule has 0 unspecified atom stereocenters. The number of rotatable bonds is 3. The molecule has 3 nitrogen and oxygen atoms in total. The third kappa shape index (κ3) is 1.86. The maximum Gasteiger partial charge on any atom is 0.144 e. The highest BCUT2D eigenvalue weighted by Gasteiger charge is 2.22. The van der Waals surface area contributed by atoms with Gasteiger partial charge in [0.2, 0.25) is 0 Å². The van der Waals surface area contributed by atoms with Crippen molar-refractivity contribution in [3.05, 3.63) is 18.2 Å². The van der Waals surface area contributed by atoms with Gasteiger partial charge in [0, 0.05) is 0 Å². The summed E-state index contributed by atoms with van der Waals surface area (Å²) >= 11 is 0. The molecule has 1 aliphatic carbocycles. The predicted molar refractivity (Wildman–Crippen MR) is 53.5 cm³/mol. The van der Waals surface area contributed by atoms with Gasteiger partial charge in [-0.05, 0) is 30.9 Å². The summed E-state index contributed by atoms with van der Waals surface area (Å²) in [6.45, 7) is 0.771. The third-order valence-corrected chi connectivity index (χ3v) is 2.27. The van der Waals surface area contributed by atoms with Crippen molar-refractivity contribution >= 4 is 11.4 Å². The lowest BCUT2D eigenvalue weighted by atomic mass is 10.2. The van der Waals surface area contributed by atoms with Crippen LogP contribution in [0.4, 0.5) is 11.4 Å². The van der Waals surface area contributed by atoms with Gasteiger partial charge in [-0.25, -0.2) is 0 Å². The first-order chi connectivity index (χ1) is 6.27. The van der Waals surface area contributed by atoms with E-state index in [1.165, 1.54) is 12.8 Å². The topological polar surface area (TPSA) is 61.3 Å². The summed E-state index contributed by atoms with van der Waals surface area (Å²) in [5, 5.41) is 0. The molecule has 0 radical (unpaired) electrons. The van der Waals surface area contributed by atoms with E-state index in [0.717, 1.165) is 12.5 Å². The Hall–Kier alpha value is -1.38. The second-order valence-corrected chi connectivity index (χ2v) is 3.51. The van der Waals surface area contributed by atoms with Gasteiger partial charge in [0.1, 0.15) is 5.75 Å². The van der Waals surface area contributed by atoms with Gasteiger partial charge in [-0.3, -0.25) is 0 Å². The number of para-hydroxylation sites is 1. The van der Waals surface area contributed by atoms with Gasteiger partial charge in [-0.1, -0.05) is 6.07 Å². The zero-order valence-corrected chi connectivity index (χ0v) is 7.49. The molecular weight excluding hydrogens is 164 g/mol. The number of nitrogens with two attached hydrogens (primary N) is 2. The fourth-order valence-corrected chi connectivity index (χ4v) is 1.18. The zero-order chi connectivity index (χ0) is 9.26. The van der Waals surface area contributed by atoms with Gasteiger partial charge in [-0.2, -0.15) is 0 Å². The van der Waals surface area contributed by atoms with Crippen LogP contribution >= 0.6 is 0 Å². The maximum absolute atomic E-state index is 5.74. The van der Waals surface area contributed by atoms with E-state index in [9.17, 15) is 0 Å². The Kier molecular flexibility index (Phi) is 2.00. The SMILES string of the molecule is Nc1cccc(OCC2CC2)c1N. The standard InChI is InChI=1S/C10H14N2O/c11-8-2-1-3-9(10(8)12)13-6-7-4-5-7/h1-3,7H,4-6,11-12H2. The first-order valence-corrected chi connectivity index (χ1v) is 4.54. The van der Waals surface area contributed by atoms with Crippen molar-refractivity contribution in [1.82, 2.24) is 0 Å². The minimum absolute atomic E-state index is 0.558. The lowest BCUT2D eigenvalue weighted by molar-refractivity contribution is 0.301. The molecule has 0 aliphatic heterocycles. The molecule has 1 aromatic rings. The average molecular weight is 178 g/mol. The van der Waals surface area contributed by atoms with E-state index in [4.69, 9.17) is 16.2 Å². The van der Waals surface area contributed by atoms with Gasteiger partial charge < -0.3 is 16.2 Å². The molecule has 0 bridgehead atoms. The van der Waals surface area contributed by atoms with E-state index in [0.29, 0.717) is 17.1 Å². The number of hydrogen-bond acceptors (Lipinski definition) is 3. The Morgan fingerprint density at radius 2 is 2.08 bits per heavy atom. The number of anilines is 2. The monoisotopic (exact) mass is 178 g/mol. The summed E-state index contributed by atoms with van der Waals surface area (Å²) in [4.78, 5) is 0. The van der Waals surface area contributed by atoms with Gasteiger partial charge in [0.25, 0.3) is 0 Å². The number of nitrogen functional groups attached to an aromatic ring is 2. The summed E-state index contributed by atoms with van der Waals surface area (Å²) in [6, 6.07) is 5.49. The first-order valence-electron chi connectivity index (χ1n) is 4.54. The van der Waals surface area contributed by atoms with Crippen LogP contribution in [-0.4, -0.2) is 6.61 Å². The highest BCUT2D eigenvalue weighted by atomic mass is 16.5. The number of ether oxygens (including phenoxy) is 1. The van der Waals surface area contributed by atoms with Crippen LogP contribution in [-0.2, 0) is 0 Å². The largest absolute Gasteiger partial charge is 0.491 e. The second kappa shape index (κ2) is 3.17. The minimum atomic E-state index is 0.558.